The fourth-order valence-corrected chi connectivity index (χ4v) is 4.23. The summed E-state index contributed by atoms with van der Waals surface area (Å²) < 4.78 is 34.5. The van der Waals surface area contributed by atoms with Gasteiger partial charge >= 0.3 is 0 Å². The van der Waals surface area contributed by atoms with Crippen molar-refractivity contribution in [2.24, 2.45) is 0 Å². The maximum absolute atomic E-state index is 14.3. The number of rotatable bonds is 4. The second-order valence-electron chi connectivity index (χ2n) is 7.80. The Hall–Kier alpha value is -3.81. The van der Waals surface area contributed by atoms with Crippen LogP contribution in [0, 0.1) is 18.6 Å². The molecule has 162 valence electrons. The molecule has 0 aliphatic heterocycles. The van der Waals surface area contributed by atoms with Crippen molar-refractivity contribution in [3.05, 3.63) is 88.9 Å². The zero-order chi connectivity index (χ0) is 22.2. The van der Waals surface area contributed by atoms with E-state index in [1.165, 1.54) is 16.8 Å². The Kier molecular flexibility index (Phi) is 5.05. The number of fused-ring (bicyclic) bond motifs is 1. The largest absolute Gasteiger partial charge is 0.360 e. The van der Waals surface area contributed by atoms with E-state index in [-0.39, 0.29) is 17.6 Å². The van der Waals surface area contributed by atoms with Crippen molar-refractivity contribution in [3.63, 3.8) is 0 Å². The number of carbonyl (C=O) groups excluding carboxylic acids is 1. The Labute approximate surface area is 182 Å². The van der Waals surface area contributed by atoms with Gasteiger partial charge in [0.1, 0.15) is 28.5 Å². The summed E-state index contributed by atoms with van der Waals surface area (Å²) in [5.41, 5.74) is 3.47. The summed E-state index contributed by atoms with van der Waals surface area (Å²) in [7, 11) is 0. The fraction of sp³-hybridized carbons (Fsp3) is 0.208. The minimum absolute atomic E-state index is 0.181. The van der Waals surface area contributed by atoms with Crippen molar-refractivity contribution in [1.29, 1.82) is 0 Å². The van der Waals surface area contributed by atoms with Crippen molar-refractivity contribution < 1.29 is 18.1 Å². The van der Waals surface area contributed by atoms with Crippen molar-refractivity contribution in [2.45, 2.75) is 32.2 Å². The third-order valence-corrected chi connectivity index (χ3v) is 5.76. The predicted molar refractivity (Wildman–Crippen MR) is 113 cm³/mol. The first-order chi connectivity index (χ1) is 15.5. The molecule has 2 heterocycles. The molecule has 1 amide bonds. The van der Waals surface area contributed by atoms with E-state index in [2.05, 4.69) is 15.6 Å². The van der Waals surface area contributed by atoms with Crippen molar-refractivity contribution in [1.82, 2.24) is 20.3 Å². The Balaban J connectivity index is 1.45. The Morgan fingerprint density at radius 1 is 1.19 bits per heavy atom. The van der Waals surface area contributed by atoms with Crippen molar-refractivity contribution in [3.8, 4) is 16.9 Å². The number of benzene rings is 2. The number of amides is 1. The molecule has 0 saturated heterocycles. The molecular weight excluding hydrogens is 414 g/mol. The van der Waals surface area contributed by atoms with E-state index >= 15 is 0 Å². The van der Waals surface area contributed by atoms with Crippen LogP contribution in [0.3, 0.4) is 0 Å². The third kappa shape index (κ3) is 3.47. The second kappa shape index (κ2) is 8.03. The summed E-state index contributed by atoms with van der Waals surface area (Å²) in [5, 5.41) is 11.5. The van der Waals surface area contributed by atoms with E-state index in [1.807, 2.05) is 30.3 Å². The Morgan fingerprint density at radius 3 is 2.78 bits per heavy atom. The number of nitrogens with one attached hydrogen (secondary N) is 1. The van der Waals surface area contributed by atoms with Gasteiger partial charge in [-0.15, -0.1) is 0 Å². The molecule has 8 heteroatoms. The molecule has 32 heavy (non-hydrogen) atoms. The number of aromatic nitrogens is 3. The topological polar surface area (TPSA) is 73.0 Å². The first kappa shape index (κ1) is 20.1. The van der Waals surface area contributed by atoms with Gasteiger partial charge in [0, 0.05) is 22.9 Å². The van der Waals surface area contributed by atoms with Crippen LogP contribution in [-0.4, -0.2) is 20.8 Å². The molecule has 6 nitrogen and oxygen atoms in total. The Morgan fingerprint density at radius 2 is 2.00 bits per heavy atom. The molecule has 0 fully saturated rings. The van der Waals surface area contributed by atoms with Crippen LogP contribution in [0.1, 0.15) is 46.3 Å². The van der Waals surface area contributed by atoms with Gasteiger partial charge in [0.15, 0.2) is 5.82 Å². The average Bonchev–Trinajstić information content (AvgIpc) is 3.39. The van der Waals surface area contributed by atoms with Crippen LogP contribution in [0.15, 0.2) is 59.3 Å². The first-order valence-electron chi connectivity index (χ1n) is 10.4. The van der Waals surface area contributed by atoms with Crippen LogP contribution in [-0.2, 0) is 6.42 Å². The standard InChI is InChI=1S/C24H20F2N4O2/c1-14-22(23(29-32-14)15-6-3-2-4-7-15)24(31)28-19-8-5-9-20-17(19)13-27-30(20)21-11-10-16(25)12-18(21)26/h2-4,6-7,10-13,19H,5,8-9H2,1H3,(H,28,31)/t19-/m0/s1. The second-order valence-corrected chi connectivity index (χ2v) is 7.80. The van der Waals surface area contributed by atoms with Crippen molar-refractivity contribution in [2.75, 3.05) is 0 Å². The molecule has 0 saturated carbocycles. The predicted octanol–water partition coefficient (Wildman–Crippen LogP) is 4.92. The quantitative estimate of drug-likeness (QED) is 0.495. The molecule has 2 aromatic carbocycles. The lowest BCUT2D eigenvalue weighted by atomic mass is 9.92. The first-order valence-corrected chi connectivity index (χ1v) is 10.4. The summed E-state index contributed by atoms with van der Waals surface area (Å²) >= 11 is 0. The van der Waals surface area contributed by atoms with Gasteiger partial charge in [-0.05, 0) is 38.3 Å². The number of halogens is 2. The maximum Gasteiger partial charge on any atom is 0.257 e. The van der Waals surface area contributed by atoms with Gasteiger partial charge in [-0.3, -0.25) is 4.79 Å². The summed E-state index contributed by atoms with van der Waals surface area (Å²) in [4.78, 5) is 13.2. The van der Waals surface area contributed by atoms with Gasteiger partial charge in [0.05, 0.1) is 12.2 Å². The molecular formula is C24H20F2N4O2. The van der Waals surface area contributed by atoms with Crippen LogP contribution in [0.4, 0.5) is 8.78 Å². The fourth-order valence-electron chi connectivity index (χ4n) is 4.23. The van der Waals surface area contributed by atoms with Crippen LogP contribution in [0.25, 0.3) is 16.9 Å². The summed E-state index contributed by atoms with van der Waals surface area (Å²) in [6.45, 7) is 1.70. The highest BCUT2D eigenvalue weighted by Crippen LogP contribution is 2.33. The van der Waals surface area contributed by atoms with E-state index in [1.54, 1.807) is 13.1 Å². The van der Waals surface area contributed by atoms with Crippen LogP contribution in [0.2, 0.25) is 0 Å². The SMILES string of the molecule is Cc1onc(-c2ccccc2)c1C(=O)N[C@H]1CCCc2c1cnn2-c1ccc(F)cc1F. The number of nitrogens with zero attached hydrogens (tertiary/aromatic N) is 3. The zero-order valence-electron chi connectivity index (χ0n) is 17.3. The molecule has 2 aromatic heterocycles. The minimum atomic E-state index is -0.686. The molecule has 0 spiro atoms. The normalized spacial score (nSPS) is 15.4. The minimum Gasteiger partial charge on any atom is -0.360 e. The molecule has 1 N–H and O–H groups in total. The lowest BCUT2D eigenvalue weighted by molar-refractivity contribution is 0.0931. The molecule has 1 atom stereocenters. The van der Waals surface area contributed by atoms with Gasteiger partial charge in [-0.1, -0.05) is 35.5 Å². The zero-order valence-corrected chi connectivity index (χ0v) is 17.3. The smallest absolute Gasteiger partial charge is 0.257 e. The maximum atomic E-state index is 14.3. The average molecular weight is 434 g/mol. The summed E-state index contributed by atoms with van der Waals surface area (Å²) in [5.74, 6) is -1.19. The number of hydrogen-bond acceptors (Lipinski definition) is 4. The van der Waals surface area contributed by atoms with Crippen LogP contribution in [0.5, 0.6) is 0 Å². The molecule has 0 radical (unpaired) electrons. The highest BCUT2D eigenvalue weighted by atomic mass is 19.1. The van der Waals surface area contributed by atoms with Gasteiger partial charge < -0.3 is 9.84 Å². The lowest BCUT2D eigenvalue weighted by Crippen LogP contribution is -2.31. The lowest BCUT2D eigenvalue weighted by Gasteiger charge is -2.24. The van der Waals surface area contributed by atoms with Gasteiger partial charge in [-0.2, -0.15) is 5.10 Å². The van der Waals surface area contributed by atoms with Crippen LogP contribution >= 0.6 is 0 Å². The van der Waals surface area contributed by atoms with Crippen molar-refractivity contribution >= 4 is 5.91 Å². The highest BCUT2D eigenvalue weighted by molar-refractivity contribution is 6.01. The molecule has 0 bridgehead atoms. The van der Waals surface area contributed by atoms with E-state index in [0.29, 0.717) is 23.4 Å². The molecule has 0 unspecified atom stereocenters. The van der Waals surface area contributed by atoms with E-state index in [9.17, 15) is 13.6 Å². The molecule has 4 aromatic rings. The summed E-state index contributed by atoms with van der Waals surface area (Å²) in [6, 6.07) is 12.5. The molecule has 1 aliphatic rings. The van der Waals surface area contributed by atoms with Gasteiger partial charge in [0.25, 0.3) is 5.91 Å². The summed E-state index contributed by atoms with van der Waals surface area (Å²) in [6.07, 6.45) is 3.84. The van der Waals surface area contributed by atoms with E-state index < -0.39 is 11.6 Å². The Bertz CT molecular complexity index is 1300. The monoisotopic (exact) mass is 434 g/mol. The third-order valence-electron chi connectivity index (χ3n) is 5.76. The van der Waals surface area contributed by atoms with Gasteiger partial charge in [-0.25, -0.2) is 13.5 Å². The molecule has 1 aliphatic carbocycles. The number of hydrogen-bond donors (Lipinski definition) is 1. The van der Waals surface area contributed by atoms with Crippen LogP contribution < -0.4 is 5.32 Å². The number of aryl methyl sites for hydroxylation is 1. The van der Waals surface area contributed by atoms with E-state index in [4.69, 9.17) is 4.52 Å². The molecule has 5 rings (SSSR count). The van der Waals surface area contributed by atoms with E-state index in [0.717, 1.165) is 35.7 Å². The van der Waals surface area contributed by atoms with Gasteiger partial charge in [0.2, 0.25) is 0 Å². The number of carbonyl (C=O) groups is 1. The highest BCUT2D eigenvalue weighted by Gasteiger charge is 2.29.